The van der Waals surface area contributed by atoms with E-state index >= 15 is 0 Å². The summed E-state index contributed by atoms with van der Waals surface area (Å²) >= 11 is 0. The fourth-order valence-electron chi connectivity index (χ4n) is 3.64. The molecule has 1 aromatic carbocycles. The fourth-order valence-corrected chi connectivity index (χ4v) is 3.64. The maximum Gasteiger partial charge on any atom is 0.144 e. The maximum atomic E-state index is 9.69. The zero-order valence-electron chi connectivity index (χ0n) is 15.0. The van der Waals surface area contributed by atoms with Gasteiger partial charge in [-0.05, 0) is 37.0 Å². The summed E-state index contributed by atoms with van der Waals surface area (Å²) < 4.78 is 7.16. The molecule has 2 aromatic heterocycles. The van der Waals surface area contributed by atoms with Crippen LogP contribution < -0.4 is 16.2 Å². The third-order valence-electron chi connectivity index (χ3n) is 4.94. The molecule has 0 aliphatic heterocycles. The van der Waals surface area contributed by atoms with Crippen LogP contribution in [0.2, 0.25) is 0 Å². The highest BCUT2D eigenvalue weighted by Gasteiger charge is 2.25. The summed E-state index contributed by atoms with van der Waals surface area (Å²) in [5, 5.41) is 14.2. The molecule has 3 aromatic rings. The number of nitriles is 1. The molecule has 1 aliphatic carbocycles. The number of nitrogen functional groups attached to an aromatic ring is 1. The molecule has 2 heterocycles. The van der Waals surface area contributed by atoms with E-state index in [2.05, 4.69) is 16.2 Å². The number of para-hydroxylation sites is 2. The van der Waals surface area contributed by atoms with Gasteiger partial charge in [-0.2, -0.15) is 10.4 Å². The van der Waals surface area contributed by atoms with Crippen LogP contribution in [0.25, 0.3) is 16.8 Å². The van der Waals surface area contributed by atoms with Crippen molar-refractivity contribution < 1.29 is 4.74 Å². The minimum atomic E-state index is 0.0532. The summed E-state index contributed by atoms with van der Waals surface area (Å²) in [7, 11) is 1.62. The van der Waals surface area contributed by atoms with Crippen molar-refractivity contribution in [2.75, 3.05) is 12.8 Å². The molecule has 4 rings (SSSR count). The first-order valence-corrected chi connectivity index (χ1v) is 8.77. The van der Waals surface area contributed by atoms with Crippen molar-refractivity contribution in [3.63, 3.8) is 0 Å². The number of ether oxygens (including phenoxy) is 1. The Bertz CT molecular complexity index is 1050. The first-order chi connectivity index (χ1) is 13.1. The van der Waals surface area contributed by atoms with Gasteiger partial charge in [0.25, 0.3) is 0 Å². The first-order valence-electron chi connectivity index (χ1n) is 8.77. The lowest BCUT2D eigenvalue weighted by Crippen LogP contribution is -2.29. The summed E-state index contributed by atoms with van der Waals surface area (Å²) in [6.45, 7) is 0. The second-order valence-corrected chi connectivity index (χ2v) is 6.63. The van der Waals surface area contributed by atoms with Crippen LogP contribution in [0, 0.1) is 11.3 Å². The van der Waals surface area contributed by atoms with Crippen molar-refractivity contribution in [3.05, 3.63) is 53.5 Å². The van der Waals surface area contributed by atoms with E-state index in [0.29, 0.717) is 17.7 Å². The van der Waals surface area contributed by atoms with Gasteiger partial charge in [0.15, 0.2) is 0 Å². The number of hydrogen-bond acceptors (Lipinski definition) is 6. The van der Waals surface area contributed by atoms with Crippen molar-refractivity contribution in [3.8, 4) is 28.6 Å². The van der Waals surface area contributed by atoms with Gasteiger partial charge in [-0.15, -0.1) is 0 Å². The van der Waals surface area contributed by atoms with E-state index in [1.165, 1.54) is 0 Å². The van der Waals surface area contributed by atoms with Gasteiger partial charge in [-0.25, -0.2) is 9.67 Å². The number of methoxy groups -OCH3 is 1. The first kappa shape index (κ1) is 17.1. The Labute approximate surface area is 157 Å². The Kier molecular flexibility index (Phi) is 4.26. The van der Waals surface area contributed by atoms with Crippen LogP contribution in [0.3, 0.4) is 0 Å². The minimum absolute atomic E-state index is 0.0532. The number of nitrogens with zero attached hydrogens (tertiary/aromatic N) is 4. The Morgan fingerprint density at radius 1 is 1.33 bits per heavy atom. The predicted octanol–water partition coefficient (Wildman–Crippen LogP) is 2.21. The number of hydrogen-bond donors (Lipinski definition) is 2. The molecule has 0 bridgehead atoms. The lowest BCUT2D eigenvalue weighted by atomic mass is 9.85. The van der Waals surface area contributed by atoms with E-state index < -0.39 is 0 Å². The van der Waals surface area contributed by atoms with Crippen molar-refractivity contribution in [1.82, 2.24) is 14.8 Å². The van der Waals surface area contributed by atoms with Gasteiger partial charge in [-0.3, -0.25) is 0 Å². The monoisotopic (exact) mass is 360 g/mol. The van der Waals surface area contributed by atoms with Gasteiger partial charge in [0.1, 0.15) is 28.9 Å². The van der Waals surface area contributed by atoms with Crippen molar-refractivity contribution >= 4 is 5.82 Å². The third kappa shape index (κ3) is 2.90. The molecule has 0 amide bonds. The predicted molar refractivity (Wildman–Crippen MR) is 102 cm³/mol. The van der Waals surface area contributed by atoms with Crippen LogP contribution in [0.5, 0.6) is 5.75 Å². The van der Waals surface area contributed by atoms with Crippen LogP contribution >= 0.6 is 0 Å². The lowest BCUT2D eigenvalue weighted by molar-refractivity contribution is 0.411. The molecular formula is C20H20N6O. The van der Waals surface area contributed by atoms with E-state index in [4.69, 9.17) is 16.2 Å². The molecule has 7 nitrogen and oxygen atoms in total. The van der Waals surface area contributed by atoms with Gasteiger partial charge in [0.05, 0.1) is 13.3 Å². The average Bonchev–Trinajstić information content (AvgIpc) is 3.16. The summed E-state index contributed by atoms with van der Waals surface area (Å²) in [6, 6.07) is 9.89. The highest BCUT2D eigenvalue weighted by molar-refractivity contribution is 5.79. The number of rotatable bonds is 3. The Morgan fingerprint density at radius 3 is 2.93 bits per heavy atom. The molecule has 136 valence electrons. The van der Waals surface area contributed by atoms with Crippen LogP contribution in [-0.4, -0.2) is 27.9 Å². The molecule has 0 radical (unpaired) electrons. The highest BCUT2D eigenvalue weighted by atomic mass is 16.5. The number of aryl methyl sites for hydroxylation is 1. The minimum Gasteiger partial charge on any atom is -0.494 e. The van der Waals surface area contributed by atoms with Crippen molar-refractivity contribution in [2.24, 2.45) is 5.73 Å². The van der Waals surface area contributed by atoms with E-state index in [0.717, 1.165) is 40.9 Å². The number of nitrogens with two attached hydrogens (primary N) is 2. The molecule has 7 heteroatoms. The van der Waals surface area contributed by atoms with Crippen molar-refractivity contribution in [2.45, 2.75) is 25.3 Å². The van der Waals surface area contributed by atoms with E-state index in [9.17, 15) is 5.26 Å². The quantitative estimate of drug-likeness (QED) is 0.740. The fraction of sp³-hybridized carbons (Fsp3) is 0.250. The van der Waals surface area contributed by atoms with Gasteiger partial charge < -0.3 is 16.2 Å². The standard InChI is InChI=1S/C20H20N6O/c1-27-18-5-3-2-4-17(18)26-11-12(10-24-26)19-14-8-13(22)6-7-16(14)25-20(23)15(19)9-21/h2-5,10-11,13H,6-8,22H2,1H3,(H2,23,25)/t13-/m1/s1. The van der Waals surface area contributed by atoms with Crippen molar-refractivity contribution in [1.29, 1.82) is 5.26 Å². The number of benzene rings is 1. The average molecular weight is 360 g/mol. The number of aromatic nitrogens is 3. The Hall–Kier alpha value is -3.37. The molecule has 1 aliphatic rings. The smallest absolute Gasteiger partial charge is 0.144 e. The Morgan fingerprint density at radius 2 is 2.15 bits per heavy atom. The van der Waals surface area contributed by atoms with E-state index in [-0.39, 0.29) is 11.9 Å². The highest BCUT2D eigenvalue weighted by Crippen LogP contribution is 2.36. The molecule has 0 spiro atoms. The second-order valence-electron chi connectivity index (χ2n) is 6.63. The second kappa shape index (κ2) is 6.74. The van der Waals surface area contributed by atoms with E-state index in [1.54, 1.807) is 18.0 Å². The zero-order chi connectivity index (χ0) is 19.0. The molecular weight excluding hydrogens is 340 g/mol. The maximum absolute atomic E-state index is 9.69. The largest absolute Gasteiger partial charge is 0.494 e. The molecule has 0 fully saturated rings. The molecule has 0 saturated heterocycles. The van der Waals surface area contributed by atoms with Gasteiger partial charge in [-0.1, -0.05) is 12.1 Å². The summed E-state index contributed by atoms with van der Waals surface area (Å²) in [5.41, 5.74) is 17.0. The van der Waals surface area contributed by atoms with Crippen LogP contribution in [0.15, 0.2) is 36.7 Å². The number of fused-ring (bicyclic) bond motifs is 1. The molecule has 0 unspecified atom stereocenters. The summed E-state index contributed by atoms with van der Waals surface area (Å²) in [4.78, 5) is 4.45. The summed E-state index contributed by atoms with van der Waals surface area (Å²) in [5.74, 6) is 0.970. The molecule has 4 N–H and O–H groups in total. The van der Waals surface area contributed by atoms with Gasteiger partial charge >= 0.3 is 0 Å². The van der Waals surface area contributed by atoms with Gasteiger partial charge in [0, 0.05) is 29.1 Å². The lowest BCUT2D eigenvalue weighted by Gasteiger charge is -2.24. The van der Waals surface area contributed by atoms with Crippen LogP contribution in [0.1, 0.15) is 23.2 Å². The third-order valence-corrected chi connectivity index (χ3v) is 4.94. The SMILES string of the molecule is COc1ccccc1-n1cc(-c2c(C#N)c(N)nc3c2C[C@H](N)CC3)cn1. The molecule has 27 heavy (non-hydrogen) atoms. The number of pyridine rings is 1. The normalized spacial score (nSPS) is 15.8. The number of anilines is 1. The van der Waals surface area contributed by atoms with Gasteiger partial charge in [0.2, 0.25) is 0 Å². The van der Waals surface area contributed by atoms with E-state index in [1.807, 2.05) is 30.5 Å². The molecule has 0 saturated carbocycles. The van der Waals surface area contributed by atoms with Crippen LogP contribution in [0.4, 0.5) is 5.82 Å². The molecule has 1 atom stereocenters. The van der Waals surface area contributed by atoms with Crippen LogP contribution in [-0.2, 0) is 12.8 Å². The zero-order valence-corrected chi connectivity index (χ0v) is 15.0. The Balaban J connectivity index is 1.89. The summed E-state index contributed by atoms with van der Waals surface area (Å²) in [6.07, 6.45) is 5.92. The topological polar surface area (TPSA) is 116 Å².